The van der Waals surface area contributed by atoms with Crippen LogP contribution in [0.15, 0.2) is 46.7 Å². The van der Waals surface area contributed by atoms with E-state index in [0.717, 1.165) is 12.8 Å². The fourth-order valence-corrected chi connectivity index (χ4v) is 4.10. The van der Waals surface area contributed by atoms with Gasteiger partial charge in [-0.3, -0.25) is 9.59 Å². The van der Waals surface area contributed by atoms with Crippen molar-refractivity contribution in [3.63, 3.8) is 0 Å². The lowest BCUT2D eigenvalue weighted by atomic mass is 10.3. The van der Waals surface area contributed by atoms with Gasteiger partial charge in [-0.1, -0.05) is 19.4 Å². The van der Waals surface area contributed by atoms with Gasteiger partial charge in [0.15, 0.2) is 0 Å². The highest BCUT2D eigenvalue weighted by molar-refractivity contribution is 7.89. The standard InChI is InChI=1S/C18H23N3O4S2/c1-3-4-11-21(2)27(24,25)15-9-7-14(8-10-15)20-17(22)13-19-18(23)16-6-5-12-26-16/h5-10,12H,3-4,11,13H2,1-2H3,(H,19,23)(H,20,22). The fourth-order valence-electron chi connectivity index (χ4n) is 2.25. The van der Waals surface area contributed by atoms with Crippen molar-refractivity contribution in [3.8, 4) is 0 Å². The summed E-state index contributed by atoms with van der Waals surface area (Å²) in [4.78, 5) is 24.5. The number of sulfonamides is 1. The molecule has 0 aliphatic carbocycles. The molecular weight excluding hydrogens is 386 g/mol. The quantitative estimate of drug-likeness (QED) is 0.665. The second-order valence-corrected chi connectivity index (χ2v) is 8.91. The lowest BCUT2D eigenvalue weighted by molar-refractivity contribution is -0.115. The maximum atomic E-state index is 12.5. The highest BCUT2D eigenvalue weighted by Crippen LogP contribution is 2.18. The monoisotopic (exact) mass is 409 g/mol. The first-order valence-corrected chi connectivity index (χ1v) is 10.8. The minimum absolute atomic E-state index is 0.170. The molecule has 0 atom stereocenters. The van der Waals surface area contributed by atoms with E-state index >= 15 is 0 Å². The smallest absolute Gasteiger partial charge is 0.261 e. The van der Waals surface area contributed by atoms with Crippen LogP contribution in [0.4, 0.5) is 5.69 Å². The maximum absolute atomic E-state index is 12.5. The Morgan fingerprint density at radius 2 is 1.85 bits per heavy atom. The molecule has 0 saturated carbocycles. The Kier molecular flexibility index (Phi) is 7.52. The van der Waals surface area contributed by atoms with Crippen molar-refractivity contribution in [1.82, 2.24) is 9.62 Å². The van der Waals surface area contributed by atoms with Gasteiger partial charge in [-0.25, -0.2) is 12.7 Å². The van der Waals surface area contributed by atoms with Crippen LogP contribution in [0.1, 0.15) is 29.4 Å². The number of amides is 2. The van der Waals surface area contributed by atoms with Crippen LogP contribution >= 0.6 is 11.3 Å². The van der Waals surface area contributed by atoms with Crippen molar-refractivity contribution in [3.05, 3.63) is 46.7 Å². The van der Waals surface area contributed by atoms with E-state index in [-0.39, 0.29) is 17.3 Å². The summed E-state index contributed by atoms with van der Waals surface area (Å²) in [7, 11) is -1.99. The van der Waals surface area contributed by atoms with Gasteiger partial charge in [0, 0.05) is 19.3 Å². The van der Waals surface area contributed by atoms with E-state index in [1.54, 1.807) is 24.6 Å². The third-order valence-corrected chi connectivity index (χ3v) is 6.57. The number of nitrogens with zero attached hydrogens (tertiary/aromatic N) is 1. The highest BCUT2D eigenvalue weighted by atomic mass is 32.2. The Hall–Kier alpha value is -2.23. The van der Waals surface area contributed by atoms with Gasteiger partial charge in [0.05, 0.1) is 16.3 Å². The van der Waals surface area contributed by atoms with E-state index < -0.39 is 15.9 Å². The number of benzene rings is 1. The highest BCUT2D eigenvalue weighted by Gasteiger charge is 2.20. The van der Waals surface area contributed by atoms with Gasteiger partial charge in [-0.05, 0) is 42.1 Å². The summed E-state index contributed by atoms with van der Waals surface area (Å²) in [6, 6.07) is 9.40. The van der Waals surface area contributed by atoms with Crippen LogP contribution in [0.25, 0.3) is 0 Å². The Labute approximate surface area is 163 Å². The molecule has 1 aromatic heterocycles. The summed E-state index contributed by atoms with van der Waals surface area (Å²) >= 11 is 1.29. The van der Waals surface area contributed by atoms with Gasteiger partial charge < -0.3 is 10.6 Å². The van der Waals surface area contributed by atoms with Crippen LogP contribution in [0.5, 0.6) is 0 Å². The number of thiophene rings is 1. The van der Waals surface area contributed by atoms with Crippen LogP contribution in [0, 0.1) is 0 Å². The van der Waals surface area contributed by atoms with Crippen LogP contribution in [0.2, 0.25) is 0 Å². The number of hydrogen-bond donors (Lipinski definition) is 2. The maximum Gasteiger partial charge on any atom is 0.261 e. The third-order valence-electron chi connectivity index (χ3n) is 3.83. The van der Waals surface area contributed by atoms with Crippen molar-refractivity contribution in [1.29, 1.82) is 0 Å². The zero-order valence-corrected chi connectivity index (χ0v) is 16.9. The molecule has 1 aromatic carbocycles. The van der Waals surface area contributed by atoms with Crippen LogP contribution in [-0.4, -0.2) is 44.7 Å². The number of nitrogens with one attached hydrogen (secondary N) is 2. The first-order valence-electron chi connectivity index (χ1n) is 8.52. The topological polar surface area (TPSA) is 95.6 Å². The van der Waals surface area contributed by atoms with Crippen molar-refractivity contribution in [2.75, 3.05) is 25.5 Å². The van der Waals surface area contributed by atoms with Crippen LogP contribution < -0.4 is 10.6 Å². The van der Waals surface area contributed by atoms with Crippen molar-refractivity contribution < 1.29 is 18.0 Å². The number of unbranched alkanes of at least 4 members (excludes halogenated alkanes) is 1. The fraction of sp³-hybridized carbons (Fsp3) is 0.333. The molecule has 0 fully saturated rings. The Morgan fingerprint density at radius 3 is 2.44 bits per heavy atom. The zero-order valence-electron chi connectivity index (χ0n) is 15.3. The summed E-state index contributed by atoms with van der Waals surface area (Å²) in [6.07, 6.45) is 1.70. The molecule has 0 aliphatic rings. The van der Waals surface area contributed by atoms with Gasteiger partial charge in [0.1, 0.15) is 0 Å². The van der Waals surface area contributed by atoms with Gasteiger partial charge in [0.25, 0.3) is 5.91 Å². The Bertz CT molecular complexity index is 863. The average Bonchev–Trinajstić information content (AvgIpc) is 3.19. The first-order chi connectivity index (χ1) is 12.8. The third kappa shape index (κ3) is 5.88. The summed E-state index contributed by atoms with van der Waals surface area (Å²) in [5.41, 5.74) is 0.459. The molecule has 0 radical (unpaired) electrons. The number of hydrogen-bond acceptors (Lipinski definition) is 5. The minimum atomic E-state index is -3.54. The number of carbonyl (C=O) groups excluding carboxylic acids is 2. The predicted octanol–water partition coefficient (Wildman–Crippen LogP) is 2.54. The Balaban J connectivity index is 1.91. The average molecular weight is 410 g/mol. The molecule has 9 heteroatoms. The summed E-state index contributed by atoms with van der Waals surface area (Å²) in [5.74, 6) is -0.702. The molecule has 0 saturated heterocycles. The molecule has 2 N–H and O–H groups in total. The van der Waals surface area contributed by atoms with Crippen molar-refractivity contribution >= 4 is 38.9 Å². The number of carbonyl (C=O) groups is 2. The van der Waals surface area contributed by atoms with Crippen molar-refractivity contribution in [2.24, 2.45) is 0 Å². The van der Waals surface area contributed by atoms with E-state index in [0.29, 0.717) is 17.1 Å². The van der Waals surface area contributed by atoms with Gasteiger partial charge in [-0.2, -0.15) is 0 Å². The summed E-state index contributed by atoms with van der Waals surface area (Å²) in [6.45, 7) is 2.29. The molecule has 2 aromatic rings. The molecule has 0 unspecified atom stereocenters. The number of anilines is 1. The molecule has 0 bridgehead atoms. The molecule has 0 aliphatic heterocycles. The number of rotatable bonds is 9. The molecular formula is C18H23N3O4S2. The largest absolute Gasteiger partial charge is 0.342 e. The zero-order chi connectivity index (χ0) is 19.9. The van der Waals surface area contributed by atoms with Gasteiger partial charge in [0.2, 0.25) is 15.9 Å². The molecule has 27 heavy (non-hydrogen) atoms. The van der Waals surface area contributed by atoms with E-state index in [2.05, 4.69) is 10.6 Å². The van der Waals surface area contributed by atoms with Gasteiger partial charge >= 0.3 is 0 Å². The summed E-state index contributed by atoms with van der Waals surface area (Å²) < 4.78 is 26.2. The lowest BCUT2D eigenvalue weighted by Gasteiger charge is -2.17. The molecule has 7 nitrogen and oxygen atoms in total. The van der Waals surface area contributed by atoms with Crippen LogP contribution in [-0.2, 0) is 14.8 Å². The van der Waals surface area contributed by atoms with Crippen molar-refractivity contribution in [2.45, 2.75) is 24.7 Å². The van der Waals surface area contributed by atoms with E-state index in [9.17, 15) is 18.0 Å². The molecule has 146 valence electrons. The molecule has 2 rings (SSSR count). The molecule has 0 spiro atoms. The first kappa shape index (κ1) is 21.1. The second-order valence-electron chi connectivity index (χ2n) is 5.91. The Morgan fingerprint density at radius 1 is 1.15 bits per heavy atom. The molecule has 2 amide bonds. The lowest BCUT2D eigenvalue weighted by Crippen LogP contribution is -2.32. The van der Waals surface area contributed by atoms with Crippen LogP contribution in [0.3, 0.4) is 0 Å². The normalized spacial score (nSPS) is 11.4. The minimum Gasteiger partial charge on any atom is -0.342 e. The van der Waals surface area contributed by atoms with Gasteiger partial charge in [-0.15, -0.1) is 11.3 Å². The predicted molar refractivity (Wildman–Crippen MR) is 106 cm³/mol. The summed E-state index contributed by atoms with van der Waals surface area (Å²) in [5, 5.41) is 6.94. The SMILES string of the molecule is CCCCN(C)S(=O)(=O)c1ccc(NC(=O)CNC(=O)c2cccs2)cc1. The molecule has 1 heterocycles. The second kappa shape index (κ2) is 9.63. The van der Waals surface area contributed by atoms with E-state index in [4.69, 9.17) is 0 Å². The van der Waals surface area contributed by atoms with E-state index in [1.165, 1.54) is 39.9 Å². The van der Waals surface area contributed by atoms with E-state index in [1.807, 2.05) is 6.92 Å².